The fraction of sp³-hybridized carbons (Fsp3) is 0.125. The maximum Gasteiger partial charge on any atom is 0.264 e. The van der Waals surface area contributed by atoms with Crippen LogP contribution in [-0.2, 0) is 4.79 Å². The van der Waals surface area contributed by atoms with Gasteiger partial charge in [-0.25, -0.2) is 4.99 Å². The van der Waals surface area contributed by atoms with Crippen LogP contribution in [0.2, 0.25) is 0 Å². The molecule has 0 saturated carbocycles. The van der Waals surface area contributed by atoms with Gasteiger partial charge in [0.15, 0.2) is 5.17 Å². The molecule has 1 aliphatic rings. The summed E-state index contributed by atoms with van der Waals surface area (Å²) < 4.78 is 0. The first-order valence-electron chi connectivity index (χ1n) is 6.62. The minimum absolute atomic E-state index is 0.112. The van der Waals surface area contributed by atoms with E-state index in [2.05, 4.69) is 21.4 Å². The molecule has 5 heteroatoms. The third-order valence-electron chi connectivity index (χ3n) is 3.15. The van der Waals surface area contributed by atoms with Gasteiger partial charge < -0.3 is 10.3 Å². The van der Waals surface area contributed by atoms with Crippen molar-refractivity contribution in [2.45, 2.75) is 13.8 Å². The van der Waals surface area contributed by atoms with Gasteiger partial charge in [-0.1, -0.05) is 12.1 Å². The molecule has 1 aliphatic heterocycles. The van der Waals surface area contributed by atoms with Crippen LogP contribution in [0.1, 0.15) is 16.8 Å². The highest BCUT2D eigenvalue weighted by Gasteiger charge is 2.24. The molecule has 0 radical (unpaired) electrons. The summed E-state index contributed by atoms with van der Waals surface area (Å²) in [6.07, 6.45) is 3.65. The molecule has 1 amide bonds. The van der Waals surface area contributed by atoms with E-state index in [0.29, 0.717) is 10.1 Å². The Morgan fingerprint density at radius 1 is 1.24 bits per heavy atom. The molecule has 106 valence electrons. The summed E-state index contributed by atoms with van der Waals surface area (Å²) in [7, 11) is 0. The van der Waals surface area contributed by atoms with Gasteiger partial charge in [0.25, 0.3) is 5.91 Å². The zero-order valence-electron chi connectivity index (χ0n) is 11.8. The summed E-state index contributed by atoms with van der Waals surface area (Å²) in [6, 6.07) is 9.92. The first-order chi connectivity index (χ1) is 10.1. The molecule has 0 unspecified atom stereocenters. The van der Waals surface area contributed by atoms with Crippen LogP contribution in [0.25, 0.3) is 6.08 Å². The Labute approximate surface area is 127 Å². The molecule has 3 rings (SSSR count). The fourth-order valence-electron chi connectivity index (χ4n) is 2.01. The Kier molecular flexibility index (Phi) is 3.66. The van der Waals surface area contributed by atoms with Crippen LogP contribution in [0.15, 0.2) is 46.4 Å². The number of rotatable bonds is 2. The monoisotopic (exact) mass is 297 g/mol. The number of H-pyrrole nitrogens is 1. The zero-order chi connectivity index (χ0) is 14.8. The Morgan fingerprint density at radius 3 is 2.86 bits per heavy atom. The minimum Gasteiger partial charge on any atom is -0.362 e. The molecule has 0 spiro atoms. The van der Waals surface area contributed by atoms with Crippen molar-refractivity contribution in [1.82, 2.24) is 10.3 Å². The van der Waals surface area contributed by atoms with E-state index in [-0.39, 0.29) is 5.91 Å². The van der Waals surface area contributed by atoms with Crippen LogP contribution in [0.5, 0.6) is 0 Å². The number of aromatic nitrogens is 1. The van der Waals surface area contributed by atoms with Crippen molar-refractivity contribution < 1.29 is 4.79 Å². The second kappa shape index (κ2) is 5.61. The first kappa shape index (κ1) is 13.7. The van der Waals surface area contributed by atoms with Gasteiger partial charge in [-0.05, 0) is 61.0 Å². The normalized spacial score (nSPS) is 18.5. The van der Waals surface area contributed by atoms with Gasteiger partial charge in [-0.2, -0.15) is 0 Å². The highest BCUT2D eigenvalue weighted by atomic mass is 32.2. The molecule has 0 atom stereocenters. The highest BCUT2D eigenvalue weighted by Crippen LogP contribution is 2.29. The van der Waals surface area contributed by atoms with E-state index in [1.807, 2.05) is 50.4 Å². The number of carbonyl (C=O) groups excluding carboxylic acids is 1. The van der Waals surface area contributed by atoms with Gasteiger partial charge in [0.2, 0.25) is 0 Å². The summed E-state index contributed by atoms with van der Waals surface area (Å²) in [4.78, 5) is 20.2. The van der Waals surface area contributed by atoms with E-state index in [4.69, 9.17) is 0 Å². The number of hydrogen-bond donors (Lipinski definition) is 2. The van der Waals surface area contributed by atoms with Crippen LogP contribution < -0.4 is 5.32 Å². The number of thioether (sulfide) groups is 1. The second-order valence-electron chi connectivity index (χ2n) is 4.90. The number of nitrogens with one attached hydrogen (secondary N) is 2. The molecule has 1 fully saturated rings. The summed E-state index contributed by atoms with van der Waals surface area (Å²) in [5.74, 6) is -0.112. The SMILES string of the molecule is Cc1ccc(C)c(N=C2NC(=O)/C(=C\c3ccc[nH]3)S2)c1. The van der Waals surface area contributed by atoms with Crippen molar-refractivity contribution in [3.63, 3.8) is 0 Å². The quantitative estimate of drug-likeness (QED) is 0.833. The predicted molar refractivity (Wildman–Crippen MR) is 87.5 cm³/mol. The number of hydrogen-bond acceptors (Lipinski definition) is 3. The zero-order valence-corrected chi connectivity index (χ0v) is 12.6. The average molecular weight is 297 g/mol. The Morgan fingerprint density at radius 2 is 2.10 bits per heavy atom. The lowest BCUT2D eigenvalue weighted by Gasteiger charge is -2.02. The molecule has 2 aromatic rings. The first-order valence-corrected chi connectivity index (χ1v) is 7.44. The summed E-state index contributed by atoms with van der Waals surface area (Å²) in [5.41, 5.74) is 4.03. The molecule has 1 aromatic heterocycles. The standard InChI is InChI=1S/C16H15N3OS/c1-10-5-6-11(2)13(8-10)18-16-19-15(20)14(21-16)9-12-4-3-7-17-12/h3-9,17H,1-2H3,(H,18,19,20)/b14-9+. The smallest absolute Gasteiger partial charge is 0.264 e. The number of aryl methyl sites for hydroxylation is 2. The Balaban J connectivity index is 1.87. The largest absolute Gasteiger partial charge is 0.362 e. The molecular formula is C16H15N3OS. The number of carbonyl (C=O) groups is 1. The van der Waals surface area contributed by atoms with E-state index >= 15 is 0 Å². The molecular weight excluding hydrogens is 282 g/mol. The molecule has 1 aromatic carbocycles. The van der Waals surface area contributed by atoms with Crippen molar-refractivity contribution in [3.8, 4) is 0 Å². The lowest BCUT2D eigenvalue weighted by Crippen LogP contribution is -2.19. The second-order valence-corrected chi connectivity index (χ2v) is 5.93. The Hall–Kier alpha value is -2.27. The van der Waals surface area contributed by atoms with Gasteiger partial charge in [0, 0.05) is 11.9 Å². The topological polar surface area (TPSA) is 57.2 Å². The molecule has 0 aliphatic carbocycles. The van der Waals surface area contributed by atoms with E-state index in [1.54, 1.807) is 0 Å². The Bertz CT molecular complexity index is 745. The summed E-state index contributed by atoms with van der Waals surface area (Å²) in [6.45, 7) is 4.04. The molecule has 0 bridgehead atoms. The van der Waals surface area contributed by atoms with Crippen LogP contribution in [0.3, 0.4) is 0 Å². The molecule has 2 heterocycles. The van der Waals surface area contributed by atoms with E-state index < -0.39 is 0 Å². The number of nitrogens with zero attached hydrogens (tertiary/aromatic N) is 1. The molecule has 4 nitrogen and oxygen atoms in total. The van der Waals surface area contributed by atoms with Gasteiger partial charge in [0.1, 0.15) is 0 Å². The third-order valence-corrected chi connectivity index (χ3v) is 4.06. The summed E-state index contributed by atoms with van der Waals surface area (Å²) >= 11 is 1.36. The van der Waals surface area contributed by atoms with E-state index in [9.17, 15) is 4.79 Å². The van der Waals surface area contributed by atoms with Crippen molar-refractivity contribution in [2.24, 2.45) is 4.99 Å². The number of aliphatic imine (C=N–C) groups is 1. The van der Waals surface area contributed by atoms with E-state index in [0.717, 1.165) is 22.5 Å². The third kappa shape index (κ3) is 3.08. The summed E-state index contributed by atoms with van der Waals surface area (Å²) in [5, 5.41) is 3.42. The van der Waals surface area contributed by atoms with Gasteiger partial charge in [-0.15, -0.1) is 0 Å². The van der Waals surface area contributed by atoms with Crippen molar-refractivity contribution in [2.75, 3.05) is 0 Å². The molecule has 21 heavy (non-hydrogen) atoms. The minimum atomic E-state index is -0.112. The van der Waals surface area contributed by atoms with Gasteiger partial charge in [-0.3, -0.25) is 4.79 Å². The average Bonchev–Trinajstić information content (AvgIpc) is 3.06. The van der Waals surface area contributed by atoms with E-state index in [1.165, 1.54) is 11.8 Å². The van der Waals surface area contributed by atoms with Crippen LogP contribution in [0.4, 0.5) is 5.69 Å². The number of amidine groups is 1. The predicted octanol–water partition coefficient (Wildman–Crippen LogP) is 3.52. The lowest BCUT2D eigenvalue weighted by molar-refractivity contribution is -0.115. The maximum atomic E-state index is 12.0. The molecule has 1 saturated heterocycles. The van der Waals surface area contributed by atoms with Crippen LogP contribution >= 0.6 is 11.8 Å². The van der Waals surface area contributed by atoms with Crippen LogP contribution in [0, 0.1) is 13.8 Å². The van der Waals surface area contributed by atoms with Crippen molar-refractivity contribution >= 4 is 34.6 Å². The maximum absolute atomic E-state index is 12.0. The number of benzene rings is 1. The van der Waals surface area contributed by atoms with Gasteiger partial charge >= 0.3 is 0 Å². The lowest BCUT2D eigenvalue weighted by atomic mass is 10.1. The fourth-order valence-corrected chi connectivity index (χ4v) is 2.83. The van der Waals surface area contributed by atoms with Crippen molar-refractivity contribution in [3.05, 3.63) is 58.3 Å². The number of aromatic amines is 1. The van der Waals surface area contributed by atoms with Crippen molar-refractivity contribution in [1.29, 1.82) is 0 Å². The van der Waals surface area contributed by atoms with Crippen LogP contribution in [-0.4, -0.2) is 16.1 Å². The highest BCUT2D eigenvalue weighted by molar-refractivity contribution is 8.18. The molecule has 2 N–H and O–H groups in total. The van der Waals surface area contributed by atoms with Gasteiger partial charge in [0.05, 0.1) is 10.6 Å². The number of amides is 1.